The zero-order valence-corrected chi connectivity index (χ0v) is 7.75. The van der Waals surface area contributed by atoms with Crippen LogP contribution in [0.1, 0.15) is 18.1 Å². The Hall–Kier alpha value is -0.870. The van der Waals surface area contributed by atoms with Crippen molar-refractivity contribution in [2.24, 2.45) is 0 Å². The molecule has 2 rings (SSSR count). The minimum absolute atomic E-state index is 0.465. The molecule has 2 heterocycles. The molecule has 1 fully saturated rings. The van der Waals surface area contributed by atoms with Crippen molar-refractivity contribution in [2.75, 3.05) is 13.2 Å². The Kier molecular flexibility index (Phi) is 2.61. The average molecular weight is 182 g/mol. The van der Waals surface area contributed by atoms with Crippen LogP contribution in [0.15, 0.2) is 10.6 Å². The lowest BCUT2D eigenvalue weighted by molar-refractivity contribution is 0.189. The number of hydrogen-bond acceptors (Lipinski definition) is 4. The third-order valence-corrected chi connectivity index (χ3v) is 2.14. The molecule has 1 aromatic heterocycles. The summed E-state index contributed by atoms with van der Waals surface area (Å²) < 4.78 is 10.6. The number of rotatable bonds is 3. The second kappa shape index (κ2) is 3.89. The zero-order valence-electron chi connectivity index (χ0n) is 7.75. The highest BCUT2D eigenvalue weighted by molar-refractivity contribution is 4.90. The molecule has 72 valence electrons. The standard InChI is InChI=1S/C9H14N2O2/c1-7-4-11-9(13-7)5-10-8-2-3-12-6-8/h4,8,10H,2-3,5-6H2,1H3. The van der Waals surface area contributed by atoms with Crippen molar-refractivity contribution in [3.63, 3.8) is 0 Å². The van der Waals surface area contributed by atoms with Crippen LogP contribution in [0.5, 0.6) is 0 Å². The van der Waals surface area contributed by atoms with E-state index >= 15 is 0 Å². The molecule has 1 aliphatic heterocycles. The molecule has 0 radical (unpaired) electrons. The number of ether oxygens (including phenoxy) is 1. The van der Waals surface area contributed by atoms with Crippen LogP contribution in [0.4, 0.5) is 0 Å². The van der Waals surface area contributed by atoms with E-state index in [1.165, 1.54) is 0 Å². The predicted octanol–water partition coefficient (Wildman–Crippen LogP) is 0.862. The molecule has 4 nitrogen and oxygen atoms in total. The molecule has 0 amide bonds. The normalized spacial score (nSPS) is 22.4. The monoisotopic (exact) mass is 182 g/mol. The van der Waals surface area contributed by atoms with Gasteiger partial charge < -0.3 is 14.5 Å². The molecular weight excluding hydrogens is 168 g/mol. The SMILES string of the molecule is Cc1cnc(CNC2CCOC2)o1. The molecule has 1 aliphatic rings. The number of oxazole rings is 1. The van der Waals surface area contributed by atoms with Crippen molar-refractivity contribution < 1.29 is 9.15 Å². The highest BCUT2D eigenvalue weighted by Crippen LogP contribution is 2.06. The summed E-state index contributed by atoms with van der Waals surface area (Å²) in [6.45, 7) is 4.26. The maximum atomic E-state index is 5.33. The van der Waals surface area contributed by atoms with Gasteiger partial charge in [0.1, 0.15) is 5.76 Å². The first-order valence-corrected chi connectivity index (χ1v) is 4.57. The summed E-state index contributed by atoms with van der Waals surface area (Å²) >= 11 is 0. The number of aryl methyl sites for hydroxylation is 1. The van der Waals surface area contributed by atoms with Gasteiger partial charge in [0.2, 0.25) is 5.89 Å². The molecule has 1 atom stereocenters. The van der Waals surface area contributed by atoms with Gasteiger partial charge in [-0.15, -0.1) is 0 Å². The molecular formula is C9H14N2O2. The molecule has 0 spiro atoms. The van der Waals surface area contributed by atoms with E-state index in [-0.39, 0.29) is 0 Å². The summed E-state index contributed by atoms with van der Waals surface area (Å²) in [5, 5.41) is 3.33. The summed E-state index contributed by atoms with van der Waals surface area (Å²) in [6, 6.07) is 0.465. The van der Waals surface area contributed by atoms with Crippen molar-refractivity contribution in [3.8, 4) is 0 Å². The summed E-state index contributed by atoms with van der Waals surface area (Å²) in [5.74, 6) is 1.61. The zero-order chi connectivity index (χ0) is 9.10. The Morgan fingerprint density at radius 1 is 1.69 bits per heavy atom. The van der Waals surface area contributed by atoms with Crippen molar-refractivity contribution in [2.45, 2.75) is 25.9 Å². The first-order valence-electron chi connectivity index (χ1n) is 4.57. The van der Waals surface area contributed by atoms with Gasteiger partial charge in [0.15, 0.2) is 0 Å². The molecule has 4 heteroatoms. The van der Waals surface area contributed by atoms with E-state index in [1.807, 2.05) is 6.92 Å². The first kappa shape index (κ1) is 8.72. The molecule has 1 saturated heterocycles. The third kappa shape index (κ3) is 2.29. The van der Waals surface area contributed by atoms with Crippen molar-refractivity contribution >= 4 is 0 Å². The van der Waals surface area contributed by atoms with Gasteiger partial charge in [-0.1, -0.05) is 0 Å². The molecule has 1 N–H and O–H groups in total. The maximum absolute atomic E-state index is 5.33. The van der Waals surface area contributed by atoms with Gasteiger partial charge in [-0.3, -0.25) is 0 Å². The molecule has 0 saturated carbocycles. The van der Waals surface area contributed by atoms with Crippen LogP contribution in [0.3, 0.4) is 0 Å². The third-order valence-electron chi connectivity index (χ3n) is 2.14. The second-order valence-electron chi connectivity index (χ2n) is 3.31. The van der Waals surface area contributed by atoms with Crippen molar-refractivity contribution in [3.05, 3.63) is 17.8 Å². The number of hydrogen-bond donors (Lipinski definition) is 1. The topological polar surface area (TPSA) is 47.3 Å². The molecule has 13 heavy (non-hydrogen) atoms. The number of nitrogens with one attached hydrogen (secondary N) is 1. The Morgan fingerprint density at radius 2 is 2.62 bits per heavy atom. The summed E-state index contributed by atoms with van der Waals surface area (Å²) in [5.41, 5.74) is 0. The summed E-state index contributed by atoms with van der Waals surface area (Å²) in [7, 11) is 0. The van der Waals surface area contributed by atoms with Gasteiger partial charge in [-0.25, -0.2) is 4.98 Å². The maximum Gasteiger partial charge on any atom is 0.208 e. The van der Waals surface area contributed by atoms with Gasteiger partial charge in [0.05, 0.1) is 19.3 Å². The Bertz CT molecular complexity index is 266. The van der Waals surface area contributed by atoms with Crippen molar-refractivity contribution in [1.82, 2.24) is 10.3 Å². The van der Waals surface area contributed by atoms with Crippen LogP contribution in [-0.2, 0) is 11.3 Å². The highest BCUT2D eigenvalue weighted by atomic mass is 16.5. The van der Waals surface area contributed by atoms with Crippen LogP contribution >= 0.6 is 0 Å². The van der Waals surface area contributed by atoms with Crippen LogP contribution in [0.2, 0.25) is 0 Å². The number of nitrogens with zero attached hydrogens (tertiary/aromatic N) is 1. The largest absolute Gasteiger partial charge is 0.445 e. The molecule has 0 aliphatic carbocycles. The second-order valence-corrected chi connectivity index (χ2v) is 3.31. The van der Waals surface area contributed by atoms with E-state index in [4.69, 9.17) is 9.15 Å². The lowest BCUT2D eigenvalue weighted by Crippen LogP contribution is -2.28. The fraction of sp³-hybridized carbons (Fsp3) is 0.667. The van der Waals surface area contributed by atoms with E-state index in [9.17, 15) is 0 Å². The minimum Gasteiger partial charge on any atom is -0.445 e. The quantitative estimate of drug-likeness (QED) is 0.753. The van der Waals surface area contributed by atoms with Gasteiger partial charge in [-0.05, 0) is 13.3 Å². The minimum atomic E-state index is 0.465. The Balaban J connectivity index is 1.78. The molecule has 0 bridgehead atoms. The lowest BCUT2D eigenvalue weighted by Gasteiger charge is -2.07. The predicted molar refractivity (Wildman–Crippen MR) is 47.3 cm³/mol. The van der Waals surface area contributed by atoms with Crippen LogP contribution in [0.25, 0.3) is 0 Å². The Morgan fingerprint density at radius 3 is 3.23 bits per heavy atom. The fourth-order valence-electron chi connectivity index (χ4n) is 1.41. The number of aromatic nitrogens is 1. The first-order chi connectivity index (χ1) is 6.34. The van der Waals surface area contributed by atoms with Gasteiger partial charge >= 0.3 is 0 Å². The van der Waals surface area contributed by atoms with Gasteiger partial charge in [0.25, 0.3) is 0 Å². The van der Waals surface area contributed by atoms with E-state index in [0.717, 1.165) is 31.3 Å². The summed E-state index contributed by atoms with van der Waals surface area (Å²) in [6.07, 6.45) is 2.82. The van der Waals surface area contributed by atoms with Crippen molar-refractivity contribution in [1.29, 1.82) is 0 Å². The molecule has 0 aromatic carbocycles. The van der Waals surface area contributed by atoms with Gasteiger partial charge in [-0.2, -0.15) is 0 Å². The van der Waals surface area contributed by atoms with Crippen LogP contribution in [0, 0.1) is 6.92 Å². The van der Waals surface area contributed by atoms with Crippen LogP contribution in [-0.4, -0.2) is 24.2 Å². The van der Waals surface area contributed by atoms with E-state index in [0.29, 0.717) is 12.6 Å². The van der Waals surface area contributed by atoms with E-state index in [1.54, 1.807) is 6.20 Å². The highest BCUT2D eigenvalue weighted by Gasteiger charge is 2.15. The van der Waals surface area contributed by atoms with E-state index in [2.05, 4.69) is 10.3 Å². The van der Waals surface area contributed by atoms with Gasteiger partial charge in [0, 0.05) is 12.6 Å². The van der Waals surface area contributed by atoms with Crippen LogP contribution < -0.4 is 5.32 Å². The molecule has 1 aromatic rings. The Labute approximate surface area is 77.3 Å². The molecule has 1 unspecified atom stereocenters. The smallest absolute Gasteiger partial charge is 0.208 e. The average Bonchev–Trinajstić information content (AvgIpc) is 2.71. The summed E-state index contributed by atoms with van der Waals surface area (Å²) in [4.78, 5) is 4.11. The fourth-order valence-corrected chi connectivity index (χ4v) is 1.41. The lowest BCUT2D eigenvalue weighted by atomic mass is 10.3. The van der Waals surface area contributed by atoms with E-state index < -0.39 is 0 Å².